The molecule has 0 fully saturated rings. The van der Waals surface area contributed by atoms with Crippen LogP contribution in [0.5, 0.6) is 0 Å². The molecule has 0 aliphatic carbocycles. The summed E-state index contributed by atoms with van der Waals surface area (Å²) in [4.78, 5) is 26.3. The molecule has 0 radical (unpaired) electrons. The number of nitriles is 1. The number of aromatic nitrogens is 1. The maximum absolute atomic E-state index is 10.9. The second kappa shape index (κ2) is 5.52. The van der Waals surface area contributed by atoms with E-state index in [0.717, 1.165) is 6.07 Å². The summed E-state index contributed by atoms with van der Waals surface area (Å²) in [6.07, 6.45) is 0. The highest BCUT2D eigenvalue weighted by Gasteiger charge is 2.27. The lowest BCUT2D eigenvalue weighted by molar-refractivity contribution is -0.385. The van der Waals surface area contributed by atoms with Crippen LogP contribution in [-0.2, 0) is 4.79 Å². The molecule has 1 heterocycles. The number of nitrogens with zero attached hydrogens (tertiary/aromatic N) is 4. The van der Waals surface area contributed by atoms with E-state index in [1.54, 1.807) is 26.8 Å². The first-order valence-electron chi connectivity index (χ1n) is 5.71. The molecule has 0 atom stereocenters. The van der Waals surface area contributed by atoms with Crippen LogP contribution in [-0.4, -0.2) is 33.1 Å². The maximum atomic E-state index is 10.9. The Kier molecular flexibility index (Phi) is 4.24. The first-order chi connectivity index (χ1) is 9.16. The summed E-state index contributed by atoms with van der Waals surface area (Å²) >= 11 is 0. The molecule has 106 valence electrons. The van der Waals surface area contributed by atoms with E-state index in [4.69, 9.17) is 10.4 Å². The molecule has 0 bridgehead atoms. The first-order valence-corrected chi connectivity index (χ1v) is 5.71. The van der Waals surface area contributed by atoms with Crippen molar-refractivity contribution in [3.63, 3.8) is 0 Å². The van der Waals surface area contributed by atoms with Crippen molar-refractivity contribution in [2.75, 3.05) is 11.4 Å². The number of carbonyl (C=O) groups is 1. The highest BCUT2D eigenvalue weighted by molar-refractivity contribution is 5.74. The fourth-order valence-electron chi connectivity index (χ4n) is 1.62. The molecule has 0 aliphatic heterocycles. The molecular formula is C12H14N4O4. The van der Waals surface area contributed by atoms with Gasteiger partial charge in [-0.3, -0.25) is 14.9 Å². The summed E-state index contributed by atoms with van der Waals surface area (Å²) in [5.41, 5.74) is -1.30. The average Bonchev–Trinajstić information content (AvgIpc) is 2.33. The number of aliphatic carboxylic acids is 1. The smallest absolute Gasteiger partial charge is 0.323 e. The van der Waals surface area contributed by atoms with E-state index in [0.29, 0.717) is 0 Å². The average molecular weight is 278 g/mol. The minimum Gasteiger partial charge on any atom is -0.480 e. The van der Waals surface area contributed by atoms with Gasteiger partial charge in [-0.15, -0.1) is 0 Å². The standard InChI is InChI=1S/C12H14N4O4/c1-12(2,3)15(7-11(17)18)10-5-4-9(16(19)20)8(6-13)14-10/h4-5H,7H2,1-3H3,(H,17,18). The molecule has 1 aromatic heterocycles. The van der Waals surface area contributed by atoms with Crippen molar-refractivity contribution in [1.82, 2.24) is 4.98 Å². The highest BCUT2D eigenvalue weighted by atomic mass is 16.6. The van der Waals surface area contributed by atoms with Crippen molar-refractivity contribution >= 4 is 17.5 Å². The zero-order valence-corrected chi connectivity index (χ0v) is 11.3. The first kappa shape index (κ1) is 15.4. The molecule has 8 heteroatoms. The number of nitro groups is 1. The topological polar surface area (TPSA) is 120 Å². The largest absolute Gasteiger partial charge is 0.480 e. The molecule has 8 nitrogen and oxygen atoms in total. The van der Waals surface area contributed by atoms with E-state index >= 15 is 0 Å². The van der Waals surface area contributed by atoms with Gasteiger partial charge in [0.15, 0.2) is 0 Å². The van der Waals surface area contributed by atoms with Gasteiger partial charge in [0.05, 0.1) is 4.92 Å². The van der Waals surface area contributed by atoms with Crippen molar-refractivity contribution in [3.05, 3.63) is 27.9 Å². The van der Waals surface area contributed by atoms with Crippen molar-refractivity contribution in [1.29, 1.82) is 5.26 Å². The van der Waals surface area contributed by atoms with E-state index in [2.05, 4.69) is 4.98 Å². The molecule has 0 aliphatic rings. The summed E-state index contributed by atoms with van der Waals surface area (Å²) in [6.45, 7) is 5.03. The van der Waals surface area contributed by atoms with Gasteiger partial charge in [-0.05, 0) is 26.8 Å². The summed E-state index contributed by atoms with van der Waals surface area (Å²) in [5, 5.41) is 28.6. The molecule has 0 saturated heterocycles. The molecule has 0 amide bonds. The van der Waals surface area contributed by atoms with Crippen molar-refractivity contribution in [2.45, 2.75) is 26.3 Å². The van der Waals surface area contributed by atoms with E-state index < -0.39 is 22.1 Å². The third-order valence-corrected chi connectivity index (χ3v) is 2.54. The number of rotatable bonds is 4. The number of carboxylic acids is 1. The monoisotopic (exact) mass is 278 g/mol. The van der Waals surface area contributed by atoms with Crippen molar-refractivity contribution in [2.24, 2.45) is 0 Å². The second-order valence-electron chi connectivity index (χ2n) is 5.06. The fourth-order valence-corrected chi connectivity index (χ4v) is 1.62. The SMILES string of the molecule is CC(C)(C)N(CC(=O)O)c1ccc([N+](=O)[O-])c(C#N)n1. The van der Waals surface area contributed by atoms with Gasteiger partial charge in [-0.2, -0.15) is 5.26 Å². The van der Waals surface area contributed by atoms with Crippen LogP contribution in [0, 0.1) is 21.4 Å². The normalized spacial score (nSPS) is 10.7. The predicted molar refractivity (Wildman–Crippen MR) is 70.3 cm³/mol. The Morgan fingerprint density at radius 1 is 1.55 bits per heavy atom. The highest BCUT2D eigenvalue weighted by Crippen LogP contribution is 2.25. The van der Waals surface area contributed by atoms with Gasteiger partial charge in [0.2, 0.25) is 5.69 Å². The predicted octanol–water partition coefficient (Wildman–Crippen LogP) is 1.55. The summed E-state index contributed by atoms with van der Waals surface area (Å²) in [5.74, 6) is -0.847. The van der Waals surface area contributed by atoms with Crippen LogP contribution < -0.4 is 4.90 Å². The third kappa shape index (κ3) is 3.41. The van der Waals surface area contributed by atoms with Gasteiger partial charge in [-0.1, -0.05) is 0 Å². The van der Waals surface area contributed by atoms with Gasteiger partial charge >= 0.3 is 11.7 Å². The molecule has 1 rings (SSSR count). The minimum atomic E-state index is -1.06. The van der Waals surface area contributed by atoms with Crippen LogP contribution >= 0.6 is 0 Å². The van der Waals surface area contributed by atoms with Gasteiger partial charge in [0, 0.05) is 11.6 Å². The molecule has 0 spiro atoms. The van der Waals surface area contributed by atoms with Gasteiger partial charge < -0.3 is 10.0 Å². The molecule has 0 aromatic carbocycles. The molecule has 1 aromatic rings. The minimum absolute atomic E-state index is 0.210. The molecule has 0 unspecified atom stereocenters. The molecular weight excluding hydrogens is 264 g/mol. The number of hydrogen-bond donors (Lipinski definition) is 1. The zero-order valence-electron chi connectivity index (χ0n) is 11.3. The Balaban J connectivity index is 3.33. The van der Waals surface area contributed by atoms with E-state index in [1.807, 2.05) is 0 Å². The Labute approximate surface area is 115 Å². The fraction of sp³-hybridized carbons (Fsp3) is 0.417. The van der Waals surface area contributed by atoms with E-state index in [1.165, 1.54) is 11.0 Å². The lowest BCUT2D eigenvalue weighted by atomic mass is 10.1. The van der Waals surface area contributed by atoms with Gasteiger partial charge in [0.25, 0.3) is 0 Å². The Hall–Kier alpha value is -2.69. The summed E-state index contributed by atoms with van der Waals surface area (Å²) < 4.78 is 0. The number of anilines is 1. The van der Waals surface area contributed by atoms with Crippen LogP contribution in [0.1, 0.15) is 26.5 Å². The lowest BCUT2D eigenvalue weighted by Gasteiger charge is -2.35. The van der Waals surface area contributed by atoms with Crippen LogP contribution in [0.15, 0.2) is 12.1 Å². The Bertz CT molecular complexity index is 586. The number of pyridine rings is 1. The maximum Gasteiger partial charge on any atom is 0.323 e. The van der Waals surface area contributed by atoms with E-state index in [-0.39, 0.29) is 18.1 Å². The molecule has 0 saturated carbocycles. The van der Waals surface area contributed by atoms with Crippen molar-refractivity contribution in [3.8, 4) is 6.07 Å². The summed E-state index contributed by atoms with van der Waals surface area (Å²) in [6, 6.07) is 4.14. The third-order valence-electron chi connectivity index (χ3n) is 2.54. The van der Waals surface area contributed by atoms with Crippen molar-refractivity contribution < 1.29 is 14.8 Å². The van der Waals surface area contributed by atoms with E-state index in [9.17, 15) is 14.9 Å². The second-order valence-corrected chi connectivity index (χ2v) is 5.06. The lowest BCUT2D eigenvalue weighted by Crippen LogP contribution is -2.45. The van der Waals surface area contributed by atoms with Crippen LogP contribution in [0.2, 0.25) is 0 Å². The molecule has 20 heavy (non-hydrogen) atoms. The number of hydrogen-bond acceptors (Lipinski definition) is 6. The quantitative estimate of drug-likeness (QED) is 0.655. The number of carboxylic acid groups (broad SMARTS) is 1. The van der Waals surface area contributed by atoms with Crippen LogP contribution in [0.3, 0.4) is 0 Å². The van der Waals surface area contributed by atoms with Crippen LogP contribution in [0.25, 0.3) is 0 Å². The summed E-state index contributed by atoms with van der Waals surface area (Å²) in [7, 11) is 0. The Morgan fingerprint density at radius 2 is 2.15 bits per heavy atom. The van der Waals surface area contributed by atoms with Gasteiger partial charge in [0.1, 0.15) is 18.4 Å². The Morgan fingerprint density at radius 3 is 2.55 bits per heavy atom. The zero-order chi connectivity index (χ0) is 15.5. The van der Waals surface area contributed by atoms with Crippen LogP contribution in [0.4, 0.5) is 11.5 Å². The molecule has 1 N–H and O–H groups in total. The van der Waals surface area contributed by atoms with Gasteiger partial charge in [-0.25, -0.2) is 4.98 Å².